The Morgan fingerprint density at radius 2 is 2.08 bits per heavy atom. The van der Waals surface area contributed by atoms with Gasteiger partial charge in [-0.2, -0.15) is 0 Å². The Balaban J connectivity index is 2.77. The zero-order valence-electron chi connectivity index (χ0n) is 6.13. The van der Waals surface area contributed by atoms with Crippen LogP contribution in [-0.4, -0.2) is 38.7 Å². The smallest absolute Gasteiger partial charge is 0.420 e. The van der Waals surface area contributed by atoms with E-state index in [0.717, 1.165) is 0 Å². The minimum Gasteiger partial charge on any atom is -0.480 e. The highest BCUT2D eigenvalue weighted by Gasteiger charge is 2.42. The van der Waals surface area contributed by atoms with Crippen molar-refractivity contribution in [2.24, 2.45) is 0 Å². The van der Waals surface area contributed by atoms with E-state index < -0.39 is 24.2 Å². The maximum absolute atomic E-state index is 10.5. The molecule has 1 aliphatic rings. The molecule has 1 heterocycles. The van der Waals surface area contributed by atoms with E-state index in [2.05, 4.69) is 0 Å². The Morgan fingerprint density at radius 1 is 1.50 bits per heavy atom. The van der Waals surface area contributed by atoms with Crippen molar-refractivity contribution in [1.29, 1.82) is 0 Å². The fourth-order valence-electron chi connectivity index (χ4n) is 0.856. The molecular formula is C5H7NO5S. The van der Waals surface area contributed by atoms with Crippen LogP contribution in [0.2, 0.25) is 0 Å². The van der Waals surface area contributed by atoms with Gasteiger partial charge in [0, 0.05) is 0 Å². The topological polar surface area (TPSA) is 87.1 Å². The molecule has 0 radical (unpaired) electrons. The van der Waals surface area contributed by atoms with Gasteiger partial charge in [0.2, 0.25) is 0 Å². The van der Waals surface area contributed by atoms with Gasteiger partial charge in [-0.3, -0.25) is 4.18 Å². The summed E-state index contributed by atoms with van der Waals surface area (Å²) in [5, 5.41) is 17.1. The summed E-state index contributed by atoms with van der Waals surface area (Å²) in [5.74, 6) is -1.20. The first-order valence-corrected chi connectivity index (χ1v) is 3.82. The summed E-state index contributed by atoms with van der Waals surface area (Å²) in [5.41, 5.74) is 0. The van der Waals surface area contributed by atoms with Crippen LogP contribution in [0.1, 0.15) is 6.92 Å². The van der Waals surface area contributed by atoms with Gasteiger partial charge < -0.3 is 10.2 Å². The zero-order valence-corrected chi connectivity index (χ0v) is 6.95. The lowest BCUT2D eigenvalue weighted by Gasteiger charge is -2.14. The van der Waals surface area contributed by atoms with E-state index in [9.17, 15) is 9.59 Å². The zero-order chi connectivity index (χ0) is 9.30. The third-order valence-corrected chi connectivity index (χ3v) is 2.35. The van der Waals surface area contributed by atoms with E-state index in [0.29, 0.717) is 16.5 Å². The summed E-state index contributed by atoms with van der Waals surface area (Å²) < 4.78 is 5.46. The lowest BCUT2D eigenvalue weighted by atomic mass is 10.2. The number of nitrogens with zero attached hydrogens (tertiary/aromatic N) is 1. The van der Waals surface area contributed by atoms with Gasteiger partial charge in [0.1, 0.15) is 18.3 Å². The number of aliphatic carboxylic acids is 1. The standard InChI is InChI=1S/C5H7NO5S/c1-2-3(4(7)8)6(5(9)10)12-11-2/h2-3H,1H3,(H,7,8)(H,9,10)/t2-,3+/m1/s1. The molecule has 0 aromatic rings. The quantitative estimate of drug-likeness (QED) is 0.463. The normalized spacial score (nSPS) is 28.9. The summed E-state index contributed by atoms with van der Waals surface area (Å²) in [4.78, 5) is 21.0. The summed E-state index contributed by atoms with van der Waals surface area (Å²) in [6, 6.07) is -1.12. The van der Waals surface area contributed by atoms with Crippen molar-refractivity contribution in [1.82, 2.24) is 4.31 Å². The Morgan fingerprint density at radius 3 is 2.42 bits per heavy atom. The van der Waals surface area contributed by atoms with Gasteiger partial charge >= 0.3 is 12.1 Å². The van der Waals surface area contributed by atoms with Gasteiger partial charge in [0.25, 0.3) is 0 Å². The highest BCUT2D eigenvalue weighted by molar-refractivity contribution is 7.93. The van der Waals surface area contributed by atoms with Gasteiger partial charge in [-0.1, -0.05) is 0 Å². The molecule has 7 heteroatoms. The minimum absolute atomic E-state index is 0.548. The first kappa shape index (κ1) is 9.14. The molecule has 2 atom stereocenters. The highest BCUT2D eigenvalue weighted by atomic mass is 32.2. The Bertz CT molecular complexity index is 220. The molecule has 0 aromatic carbocycles. The lowest BCUT2D eigenvalue weighted by Crippen LogP contribution is -2.41. The molecule has 68 valence electrons. The van der Waals surface area contributed by atoms with Gasteiger partial charge in [0.15, 0.2) is 6.04 Å². The van der Waals surface area contributed by atoms with Crippen LogP contribution in [0.25, 0.3) is 0 Å². The maximum atomic E-state index is 10.5. The van der Waals surface area contributed by atoms with E-state index in [-0.39, 0.29) is 0 Å². The summed E-state index contributed by atoms with van der Waals surface area (Å²) in [7, 11) is 0. The minimum atomic E-state index is -1.31. The molecule has 1 rings (SSSR count). The number of carboxylic acids is 1. The first-order chi connectivity index (χ1) is 5.54. The SMILES string of the molecule is C[C@H]1OSN(C(=O)O)[C@@H]1C(=O)O. The van der Waals surface area contributed by atoms with Crippen molar-refractivity contribution in [3.63, 3.8) is 0 Å². The van der Waals surface area contributed by atoms with Gasteiger partial charge in [0.05, 0.1) is 0 Å². The van der Waals surface area contributed by atoms with Gasteiger partial charge in [-0.15, -0.1) is 0 Å². The third-order valence-electron chi connectivity index (χ3n) is 1.41. The number of carboxylic acid groups (broad SMARTS) is 2. The third kappa shape index (κ3) is 1.46. The Labute approximate surface area is 72.4 Å². The van der Waals surface area contributed by atoms with Crippen LogP contribution in [0.4, 0.5) is 4.79 Å². The second-order valence-electron chi connectivity index (χ2n) is 2.27. The average molecular weight is 193 g/mol. The van der Waals surface area contributed by atoms with Crippen LogP contribution in [0, 0.1) is 0 Å². The molecule has 0 saturated carbocycles. The molecule has 0 aliphatic carbocycles. The molecule has 0 bridgehead atoms. The molecular weight excluding hydrogens is 186 g/mol. The largest absolute Gasteiger partial charge is 0.480 e. The summed E-state index contributed by atoms with van der Waals surface area (Å²) >= 11 is 0.548. The predicted molar refractivity (Wildman–Crippen MR) is 39.4 cm³/mol. The Hall–Kier alpha value is -0.950. The van der Waals surface area contributed by atoms with E-state index in [4.69, 9.17) is 14.4 Å². The number of carbonyl (C=O) groups is 2. The monoisotopic (exact) mass is 193 g/mol. The molecule has 6 nitrogen and oxygen atoms in total. The fourth-order valence-corrected chi connectivity index (χ4v) is 1.61. The molecule has 2 N–H and O–H groups in total. The molecule has 1 saturated heterocycles. The first-order valence-electron chi connectivity index (χ1n) is 3.12. The van der Waals surface area contributed by atoms with Crippen molar-refractivity contribution >= 4 is 24.3 Å². The van der Waals surface area contributed by atoms with Crippen molar-refractivity contribution in [2.75, 3.05) is 0 Å². The molecule has 0 spiro atoms. The van der Waals surface area contributed by atoms with E-state index >= 15 is 0 Å². The molecule has 0 unspecified atom stereocenters. The van der Waals surface area contributed by atoms with Crippen molar-refractivity contribution < 1.29 is 24.0 Å². The highest BCUT2D eigenvalue weighted by Crippen LogP contribution is 2.30. The predicted octanol–water partition coefficient (Wildman–Crippen LogP) is 0.401. The number of hydrogen-bond acceptors (Lipinski definition) is 4. The van der Waals surface area contributed by atoms with Gasteiger partial charge in [-0.05, 0) is 6.92 Å². The van der Waals surface area contributed by atoms with E-state index in [1.165, 1.54) is 6.92 Å². The van der Waals surface area contributed by atoms with Crippen LogP contribution in [0.3, 0.4) is 0 Å². The second kappa shape index (κ2) is 3.20. The second-order valence-corrected chi connectivity index (χ2v) is 3.00. The molecule has 12 heavy (non-hydrogen) atoms. The molecule has 1 fully saturated rings. The number of amides is 1. The fraction of sp³-hybridized carbons (Fsp3) is 0.600. The van der Waals surface area contributed by atoms with Crippen LogP contribution >= 0.6 is 12.2 Å². The average Bonchev–Trinajstić information content (AvgIpc) is 2.30. The van der Waals surface area contributed by atoms with Crippen molar-refractivity contribution in [3.05, 3.63) is 0 Å². The maximum Gasteiger partial charge on any atom is 0.420 e. The van der Waals surface area contributed by atoms with Crippen LogP contribution in [0.5, 0.6) is 0 Å². The van der Waals surface area contributed by atoms with Crippen LogP contribution in [0.15, 0.2) is 0 Å². The number of hydrogen-bond donors (Lipinski definition) is 2. The van der Waals surface area contributed by atoms with E-state index in [1.807, 2.05) is 0 Å². The lowest BCUT2D eigenvalue weighted by molar-refractivity contribution is -0.142. The summed E-state index contributed by atoms with van der Waals surface area (Å²) in [6.07, 6.45) is -1.93. The van der Waals surface area contributed by atoms with Crippen LogP contribution in [-0.2, 0) is 8.98 Å². The van der Waals surface area contributed by atoms with Crippen LogP contribution < -0.4 is 0 Å². The number of rotatable bonds is 1. The van der Waals surface area contributed by atoms with Crippen molar-refractivity contribution in [2.45, 2.75) is 19.1 Å². The molecule has 0 aromatic heterocycles. The Kier molecular flexibility index (Phi) is 2.43. The van der Waals surface area contributed by atoms with Gasteiger partial charge in [-0.25, -0.2) is 13.9 Å². The van der Waals surface area contributed by atoms with E-state index in [1.54, 1.807) is 0 Å². The van der Waals surface area contributed by atoms with Crippen molar-refractivity contribution in [3.8, 4) is 0 Å². The molecule has 1 amide bonds. The summed E-state index contributed by atoms with van der Waals surface area (Å²) in [6.45, 7) is 1.51. The molecule has 1 aliphatic heterocycles.